The Hall–Kier alpha value is -0.526. The molecule has 0 aromatic heterocycles. The summed E-state index contributed by atoms with van der Waals surface area (Å²) in [4.78, 5) is 0. The van der Waals surface area contributed by atoms with Crippen LogP contribution in [0.2, 0.25) is 37.3 Å². The van der Waals surface area contributed by atoms with Crippen LogP contribution in [0.15, 0.2) is 0 Å². The summed E-state index contributed by atoms with van der Waals surface area (Å²) in [6.07, 6.45) is -23.4. The SMILES string of the molecule is C[Si](CCC(F)(F)F)(CCC(F)(F)F)OCCOCCO[Si](C)(CCC(F)(F)F)CCC(F)(F)F. The molecule has 0 aromatic rings. The highest BCUT2D eigenvalue weighted by molar-refractivity contribution is 6.72. The molecule has 0 unspecified atom stereocenters. The van der Waals surface area contributed by atoms with Gasteiger partial charge in [0, 0.05) is 25.7 Å². The first kappa shape index (κ1) is 34.5. The first-order valence-electron chi connectivity index (χ1n) is 10.7. The summed E-state index contributed by atoms with van der Waals surface area (Å²) in [6, 6.07) is -2.29. The van der Waals surface area contributed by atoms with E-state index in [1.54, 1.807) is 0 Å². The molecule has 0 aliphatic heterocycles. The summed E-state index contributed by atoms with van der Waals surface area (Å²) < 4.78 is 166. The molecular formula is C18H30F12O3Si2. The summed E-state index contributed by atoms with van der Waals surface area (Å²) in [5, 5.41) is 0. The van der Waals surface area contributed by atoms with Crippen molar-refractivity contribution in [1.82, 2.24) is 0 Å². The molecule has 17 heteroatoms. The van der Waals surface area contributed by atoms with Crippen LogP contribution in [0.4, 0.5) is 52.7 Å². The fraction of sp³-hybridized carbons (Fsp3) is 1.00. The van der Waals surface area contributed by atoms with Gasteiger partial charge in [-0.1, -0.05) is 0 Å². The maximum absolute atomic E-state index is 12.5. The third-order valence-electron chi connectivity index (χ3n) is 5.11. The number of alkyl halides is 12. The summed E-state index contributed by atoms with van der Waals surface area (Å²) in [6.45, 7) is 1.41. The Morgan fingerprint density at radius 2 is 0.657 bits per heavy atom. The minimum Gasteiger partial charge on any atom is -0.415 e. The highest BCUT2D eigenvalue weighted by Crippen LogP contribution is 2.34. The van der Waals surface area contributed by atoms with Gasteiger partial charge in [-0.3, -0.25) is 0 Å². The first-order chi connectivity index (χ1) is 15.5. The maximum atomic E-state index is 12.5. The fourth-order valence-electron chi connectivity index (χ4n) is 2.96. The summed E-state index contributed by atoms with van der Waals surface area (Å²) in [7, 11) is -6.76. The Balaban J connectivity index is 4.61. The van der Waals surface area contributed by atoms with Gasteiger partial charge in [0.1, 0.15) is 0 Å². The molecule has 0 fully saturated rings. The van der Waals surface area contributed by atoms with E-state index in [0.29, 0.717) is 0 Å². The second-order valence-corrected chi connectivity index (χ2v) is 17.0. The molecule has 0 aliphatic rings. The molecule has 3 nitrogen and oxygen atoms in total. The Kier molecular flexibility index (Phi) is 13.6. The van der Waals surface area contributed by atoms with Gasteiger partial charge in [-0.15, -0.1) is 0 Å². The van der Waals surface area contributed by atoms with E-state index in [1.807, 2.05) is 0 Å². The zero-order valence-corrected chi connectivity index (χ0v) is 21.2. The monoisotopic (exact) mass is 578 g/mol. The van der Waals surface area contributed by atoms with Crippen molar-refractivity contribution in [3.05, 3.63) is 0 Å². The lowest BCUT2D eigenvalue weighted by atomic mass is 10.5. The average molecular weight is 579 g/mol. The van der Waals surface area contributed by atoms with Gasteiger partial charge in [-0.25, -0.2) is 0 Å². The van der Waals surface area contributed by atoms with Crippen LogP contribution in [0.1, 0.15) is 25.7 Å². The average Bonchev–Trinajstić information content (AvgIpc) is 2.65. The Morgan fingerprint density at radius 3 is 0.857 bits per heavy atom. The number of halogens is 12. The van der Waals surface area contributed by atoms with Crippen molar-refractivity contribution in [2.45, 2.75) is 87.7 Å². The zero-order chi connectivity index (χ0) is 27.6. The first-order valence-corrected chi connectivity index (χ1v) is 16.3. The maximum Gasteiger partial charge on any atom is 0.388 e. The Morgan fingerprint density at radius 1 is 0.429 bits per heavy atom. The molecule has 212 valence electrons. The van der Waals surface area contributed by atoms with E-state index >= 15 is 0 Å². The van der Waals surface area contributed by atoms with Crippen molar-refractivity contribution in [3.63, 3.8) is 0 Å². The molecule has 0 atom stereocenters. The van der Waals surface area contributed by atoms with Crippen molar-refractivity contribution >= 4 is 16.6 Å². The molecular weight excluding hydrogens is 548 g/mol. The normalized spacial score (nSPS) is 14.6. The van der Waals surface area contributed by atoms with Gasteiger partial charge in [0.25, 0.3) is 0 Å². The molecule has 0 bridgehead atoms. The lowest BCUT2D eigenvalue weighted by Gasteiger charge is -2.29. The van der Waals surface area contributed by atoms with Gasteiger partial charge in [-0.2, -0.15) is 52.7 Å². The highest BCUT2D eigenvalue weighted by Gasteiger charge is 2.41. The van der Waals surface area contributed by atoms with Crippen LogP contribution in [-0.4, -0.2) is 67.8 Å². The molecule has 0 aromatic carbocycles. The number of rotatable bonds is 16. The minimum absolute atomic E-state index is 0.243. The van der Waals surface area contributed by atoms with Gasteiger partial charge < -0.3 is 13.6 Å². The van der Waals surface area contributed by atoms with Crippen LogP contribution in [0.25, 0.3) is 0 Å². The fourth-order valence-corrected chi connectivity index (χ4v) is 8.44. The van der Waals surface area contributed by atoms with E-state index in [2.05, 4.69) is 0 Å². The van der Waals surface area contributed by atoms with Gasteiger partial charge in [0.15, 0.2) is 16.6 Å². The van der Waals surface area contributed by atoms with Gasteiger partial charge >= 0.3 is 24.7 Å². The number of hydrogen-bond acceptors (Lipinski definition) is 3. The zero-order valence-electron chi connectivity index (χ0n) is 19.2. The second-order valence-electron chi connectivity index (χ2n) is 8.67. The highest BCUT2D eigenvalue weighted by atomic mass is 28.4. The minimum atomic E-state index is -4.56. The molecule has 0 saturated carbocycles. The van der Waals surface area contributed by atoms with E-state index in [1.165, 1.54) is 13.1 Å². The summed E-state index contributed by atoms with van der Waals surface area (Å²) >= 11 is 0. The van der Waals surface area contributed by atoms with Gasteiger partial charge in [0.2, 0.25) is 0 Å². The van der Waals surface area contributed by atoms with E-state index in [9.17, 15) is 52.7 Å². The molecule has 0 rings (SSSR count). The molecule has 0 amide bonds. The Bertz CT molecular complexity index is 505. The quantitative estimate of drug-likeness (QED) is 0.106. The number of ether oxygens (including phenoxy) is 1. The van der Waals surface area contributed by atoms with E-state index in [-0.39, 0.29) is 26.4 Å². The third kappa shape index (κ3) is 21.3. The Labute approximate surface area is 197 Å². The van der Waals surface area contributed by atoms with E-state index < -0.39 is 91.2 Å². The van der Waals surface area contributed by atoms with Crippen LogP contribution in [0.3, 0.4) is 0 Å². The standard InChI is InChI=1S/C18H30F12O3Si2/c1-34(11-3-15(19,20)21,12-4-16(22,23)24)32-9-7-31-8-10-33-35(2,13-5-17(25,26)27)14-6-18(28,29)30/h3-14H2,1-2H3. The molecule has 0 N–H and O–H groups in total. The molecule has 35 heavy (non-hydrogen) atoms. The van der Waals surface area contributed by atoms with Crippen molar-refractivity contribution in [2.75, 3.05) is 26.4 Å². The lowest BCUT2D eigenvalue weighted by Crippen LogP contribution is -2.39. The van der Waals surface area contributed by atoms with Gasteiger partial charge in [0.05, 0.1) is 26.4 Å². The van der Waals surface area contributed by atoms with Crippen LogP contribution in [0, 0.1) is 0 Å². The van der Waals surface area contributed by atoms with Crippen molar-refractivity contribution < 1.29 is 66.3 Å². The van der Waals surface area contributed by atoms with E-state index in [4.69, 9.17) is 13.6 Å². The van der Waals surface area contributed by atoms with Crippen molar-refractivity contribution in [1.29, 1.82) is 0 Å². The molecule has 0 heterocycles. The molecule has 0 radical (unpaired) electrons. The molecule has 0 spiro atoms. The predicted octanol–water partition coefficient (Wildman–Crippen LogP) is 8.00. The summed E-state index contributed by atoms with van der Waals surface area (Å²) in [5.74, 6) is 0. The molecule has 0 saturated heterocycles. The largest absolute Gasteiger partial charge is 0.415 e. The lowest BCUT2D eigenvalue weighted by molar-refractivity contribution is -0.134. The third-order valence-corrected chi connectivity index (χ3v) is 12.1. The summed E-state index contributed by atoms with van der Waals surface area (Å²) in [5.41, 5.74) is 0. The van der Waals surface area contributed by atoms with E-state index in [0.717, 1.165) is 0 Å². The van der Waals surface area contributed by atoms with Crippen LogP contribution < -0.4 is 0 Å². The number of hydrogen-bond donors (Lipinski definition) is 0. The second kappa shape index (κ2) is 13.9. The molecule has 0 aliphatic carbocycles. The smallest absolute Gasteiger partial charge is 0.388 e. The van der Waals surface area contributed by atoms with Crippen LogP contribution in [-0.2, 0) is 13.6 Å². The van der Waals surface area contributed by atoms with Gasteiger partial charge in [-0.05, 0) is 37.3 Å². The van der Waals surface area contributed by atoms with Crippen LogP contribution in [0.5, 0.6) is 0 Å². The predicted molar refractivity (Wildman–Crippen MR) is 108 cm³/mol. The van der Waals surface area contributed by atoms with Crippen LogP contribution >= 0.6 is 0 Å². The topological polar surface area (TPSA) is 27.7 Å². The van der Waals surface area contributed by atoms with Crippen molar-refractivity contribution in [3.8, 4) is 0 Å². The van der Waals surface area contributed by atoms with Crippen molar-refractivity contribution in [2.24, 2.45) is 0 Å².